The molecule has 0 fully saturated rings. The van der Waals surface area contributed by atoms with E-state index in [-0.39, 0.29) is 12.6 Å². The van der Waals surface area contributed by atoms with Gasteiger partial charge in [0, 0.05) is 6.42 Å². The summed E-state index contributed by atoms with van der Waals surface area (Å²) in [5.74, 6) is -1.34. The monoisotopic (exact) mass is 271 g/mol. The largest absolute Gasteiger partial charge is 0.434 e. The molecule has 0 heterocycles. The molecule has 0 amide bonds. The lowest BCUT2D eigenvalue weighted by molar-refractivity contribution is -0.190. The molecule has 110 valence electrons. The Morgan fingerprint density at radius 2 is 1.61 bits per heavy atom. The molecule has 0 aliphatic carbocycles. The van der Waals surface area contributed by atoms with Crippen LogP contribution in [-0.4, -0.2) is 73.9 Å². The van der Waals surface area contributed by atoms with Gasteiger partial charge in [0.2, 0.25) is 0 Å². The summed E-state index contributed by atoms with van der Waals surface area (Å²) in [4.78, 5) is 11.1. The molecule has 1 unspecified atom stereocenters. The van der Waals surface area contributed by atoms with Crippen LogP contribution in [0.4, 0.5) is 0 Å². The topological polar surface area (TPSA) is 183 Å². The average Bonchev–Trinajstić information content (AvgIpc) is 2.34. The third kappa shape index (κ3) is 5.69. The average molecular weight is 271 g/mol. The molecule has 9 nitrogen and oxygen atoms in total. The Labute approximate surface area is 104 Å². The van der Waals surface area contributed by atoms with Gasteiger partial charge in [0.25, 0.3) is 0 Å². The molecule has 9 heteroatoms. The minimum absolute atomic E-state index is 0. The maximum absolute atomic E-state index is 11.1. The van der Waals surface area contributed by atoms with Crippen molar-refractivity contribution < 1.29 is 40.2 Å². The second-order valence-electron chi connectivity index (χ2n) is 3.48. The molecule has 18 heavy (non-hydrogen) atoms. The summed E-state index contributed by atoms with van der Waals surface area (Å²) < 4.78 is 4.30. The molecule has 0 rings (SSSR count). The molecule has 0 saturated carbocycles. The minimum Gasteiger partial charge on any atom is -0.434 e. The van der Waals surface area contributed by atoms with Gasteiger partial charge in [-0.05, 0) is 0 Å². The molecule has 0 aliphatic rings. The van der Waals surface area contributed by atoms with Gasteiger partial charge in [-0.1, -0.05) is 6.92 Å². The van der Waals surface area contributed by atoms with Crippen LogP contribution in [0.15, 0.2) is 0 Å². The highest BCUT2D eigenvalue weighted by atomic mass is 16.6. The lowest BCUT2D eigenvalue weighted by Gasteiger charge is -2.25. The molecule has 9 N–H and O–H groups in total. The van der Waals surface area contributed by atoms with Crippen LogP contribution in [0.25, 0.3) is 0 Å². The molecule has 0 saturated heterocycles. The fourth-order valence-electron chi connectivity index (χ4n) is 0.949. The van der Waals surface area contributed by atoms with Crippen LogP contribution in [0, 0.1) is 0 Å². The maximum atomic E-state index is 11.1. The van der Waals surface area contributed by atoms with Gasteiger partial charge in [0.15, 0.2) is 12.4 Å². The predicted octanol–water partition coefficient (Wildman–Crippen LogP) is -3.14. The van der Waals surface area contributed by atoms with Gasteiger partial charge in [-0.3, -0.25) is 0 Å². The van der Waals surface area contributed by atoms with Crippen molar-refractivity contribution in [2.75, 3.05) is 6.61 Å². The van der Waals surface area contributed by atoms with E-state index in [1.54, 1.807) is 0 Å². The summed E-state index contributed by atoms with van der Waals surface area (Å²) in [6.07, 6.45) is -9.12. The zero-order valence-electron chi connectivity index (χ0n) is 10.0. The predicted molar refractivity (Wildman–Crippen MR) is 58.5 cm³/mol. The number of aliphatic hydroxyl groups excluding tert-OH is 6. The summed E-state index contributed by atoms with van der Waals surface area (Å²) in [6.45, 7) is 0.669. The second-order valence-corrected chi connectivity index (χ2v) is 3.48. The molecule has 0 aromatic heterocycles. The fraction of sp³-hybridized carbons (Fsp3) is 0.889. The first-order valence-corrected chi connectivity index (χ1v) is 5.06. The minimum atomic E-state index is -2.13. The first-order valence-electron chi connectivity index (χ1n) is 5.06. The van der Waals surface area contributed by atoms with E-state index in [4.69, 9.17) is 15.3 Å². The third-order valence-corrected chi connectivity index (χ3v) is 2.10. The number of hydrogen-bond acceptors (Lipinski definition) is 9. The first kappa shape index (κ1) is 19.5. The van der Waals surface area contributed by atoms with E-state index in [0.717, 1.165) is 0 Å². The summed E-state index contributed by atoms with van der Waals surface area (Å²) in [5, 5.41) is 54.2. The zero-order valence-corrected chi connectivity index (χ0v) is 10.0. The summed E-state index contributed by atoms with van der Waals surface area (Å²) in [7, 11) is 0. The molecule has 0 aromatic carbocycles. The van der Waals surface area contributed by atoms with Crippen LogP contribution in [0.2, 0.25) is 0 Å². The van der Waals surface area contributed by atoms with E-state index in [2.05, 4.69) is 4.74 Å². The molecular formula is C9H21NO8. The third-order valence-electron chi connectivity index (χ3n) is 2.10. The first-order chi connectivity index (χ1) is 7.84. The molecule has 0 spiro atoms. The molecule has 0 bridgehead atoms. The van der Waals surface area contributed by atoms with Crippen molar-refractivity contribution in [1.29, 1.82) is 0 Å². The van der Waals surface area contributed by atoms with Gasteiger partial charge in [-0.15, -0.1) is 0 Å². The number of carbonyl (C=O) groups excluding carboxylic acids is 1. The van der Waals surface area contributed by atoms with E-state index >= 15 is 0 Å². The van der Waals surface area contributed by atoms with Crippen LogP contribution in [0.3, 0.4) is 0 Å². The Morgan fingerprint density at radius 3 is 2.00 bits per heavy atom. The Hall–Kier alpha value is -0.810. The van der Waals surface area contributed by atoms with E-state index in [0.29, 0.717) is 0 Å². The molecule has 0 aliphatic heterocycles. The van der Waals surface area contributed by atoms with Gasteiger partial charge >= 0.3 is 5.97 Å². The highest BCUT2D eigenvalue weighted by Gasteiger charge is 2.35. The number of hydrogen-bond donors (Lipinski definition) is 7. The zero-order chi connectivity index (χ0) is 13.6. The molecule has 0 aromatic rings. The van der Waals surface area contributed by atoms with E-state index in [9.17, 15) is 20.1 Å². The fourth-order valence-corrected chi connectivity index (χ4v) is 0.949. The Morgan fingerprint density at radius 1 is 1.11 bits per heavy atom. The highest BCUT2D eigenvalue weighted by molar-refractivity contribution is 5.75. The number of carbonyl (C=O) groups is 1. The molecule has 0 radical (unpaired) electrons. The van der Waals surface area contributed by atoms with Crippen molar-refractivity contribution in [2.24, 2.45) is 0 Å². The molecule has 5 atom stereocenters. The van der Waals surface area contributed by atoms with Gasteiger partial charge in [0.1, 0.15) is 18.3 Å². The van der Waals surface area contributed by atoms with E-state index in [1.165, 1.54) is 6.92 Å². The summed E-state index contributed by atoms with van der Waals surface area (Å²) in [5.41, 5.74) is 0. The van der Waals surface area contributed by atoms with Crippen LogP contribution < -0.4 is 6.15 Å². The standard InChI is InChI=1S/C9H18O8.H3N/c1-2-5(12)17-9(16)8(15)7(14)6(13)4(11)3-10;/h4-8,10-15H,2-3H2,1H3;1H3/t4-,5?,6-,7+,8-;/m1./s1. The quantitative estimate of drug-likeness (QED) is 0.186. The van der Waals surface area contributed by atoms with Crippen LogP contribution in [0.1, 0.15) is 13.3 Å². The van der Waals surface area contributed by atoms with Crippen molar-refractivity contribution >= 4 is 5.97 Å². The van der Waals surface area contributed by atoms with Crippen molar-refractivity contribution in [1.82, 2.24) is 6.15 Å². The lowest BCUT2D eigenvalue weighted by atomic mass is 10.0. The van der Waals surface area contributed by atoms with Crippen molar-refractivity contribution in [3.05, 3.63) is 0 Å². The van der Waals surface area contributed by atoms with Crippen LogP contribution in [-0.2, 0) is 9.53 Å². The highest BCUT2D eigenvalue weighted by Crippen LogP contribution is 2.08. The van der Waals surface area contributed by atoms with Crippen molar-refractivity contribution in [3.8, 4) is 0 Å². The van der Waals surface area contributed by atoms with E-state index in [1.807, 2.05) is 0 Å². The van der Waals surface area contributed by atoms with Gasteiger partial charge in [0.05, 0.1) is 6.61 Å². The van der Waals surface area contributed by atoms with E-state index < -0.39 is 43.3 Å². The second kappa shape index (κ2) is 9.16. The van der Waals surface area contributed by atoms with Crippen LogP contribution in [0.5, 0.6) is 0 Å². The summed E-state index contributed by atoms with van der Waals surface area (Å²) in [6, 6.07) is 0. The normalized spacial score (nSPS) is 19.1. The Balaban J connectivity index is 0. The SMILES string of the molecule is CCC(O)OC(=O)[C@H](O)[C@@H](O)[C@H](O)[C@H](O)CO.N. The number of ether oxygens (including phenoxy) is 1. The van der Waals surface area contributed by atoms with Gasteiger partial charge < -0.3 is 41.5 Å². The number of aliphatic hydroxyl groups is 6. The number of rotatable bonds is 7. The molecular weight excluding hydrogens is 250 g/mol. The van der Waals surface area contributed by atoms with Crippen molar-refractivity contribution in [3.63, 3.8) is 0 Å². The van der Waals surface area contributed by atoms with Gasteiger partial charge in [-0.2, -0.15) is 0 Å². The Bertz CT molecular complexity index is 239. The summed E-state index contributed by atoms with van der Waals surface area (Å²) >= 11 is 0. The van der Waals surface area contributed by atoms with Gasteiger partial charge in [-0.25, -0.2) is 4.79 Å². The lowest BCUT2D eigenvalue weighted by Crippen LogP contribution is -2.49. The maximum Gasteiger partial charge on any atom is 0.340 e. The smallest absolute Gasteiger partial charge is 0.340 e. The Kier molecular flexibility index (Phi) is 9.94. The van der Waals surface area contributed by atoms with Crippen molar-refractivity contribution in [2.45, 2.75) is 44.1 Å². The number of esters is 1. The van der Waals surface area contributed by atoms with Crippen LogP contribution >= 0.6 is 0 Å².